The van der Waals surface area contributed by atoms with Gasteiger partial charge >= 0.3 is 0 Å². The zero-order chi connectivity index (χ0) is 25.2. The van der Waals surface area contributed by atoms with Crippen molar-refractivity contribution in [3.8, 4) is 29.0 Å². The molecule has 3 aromatic rings. The first kappa shape index (κ1) is 24.6. The van der Waals surface area contributed by atoms with Gasteiger partial charge in [-0.2, -0.15) is 5.26 Å². The average molecular weight is 490 g/mol. The van der Waals surface area contributed by atoms with E-state index in [9.17, 15) is 10.1 Å². The van der Waals surface area contributed by atoms with Crippen molar-refractivity contribution in [3.63, 3.8) is 0 Å². The highest BCUT2D eigenvalue weighted by atomic mass is 35.5. The van der Waals surface area contributed by atoms with Crippen LogP contribution in [0.15, 0.2) is 54.9 Å². The van der Waals surface area contributed by atoms with Gasteiger partial charge < -0.3 is 15.4 Å². The molecule has 0 unspecified atom stereocenters. The molecule has 1 aliphatic heterocycles. The summed E-state index contributed by atoms with van der Waals surface area (Å²) < 4.78 is 5.98. The van der Waals surface area contributed by atoms with E-state index in [1.165, 1.54) is 0 Å². The Balaban J connectivity index is 1.53. The Morgan fingerprint density at radius 1 is 1.09 bits per heavy atom. The van der Waals surface area contributed by atoms with E-state index in [0.29, 0.717) is 34.0 Å². The first-order valence-electron chi connectivity index (χ1n) is 11.4. The van der Waals surface area contributed by atoms with Crippen LogP contribution in [0.25, 0.3) is 11.4 Å². The molecule has 35 heavy (non-hydrogen) atoms. The molecule has 1 fully saturated rings. The molecule has 0 saturated carbocycles. The highest BCUT2D eigenvalue weighted by molar-refractivity contribution is 6.32. The van der Waals surface area contributed by atoms with Gasteiger partial charge in [-0.05, 0) is 76.9 Å². The van der Waals surface area contributed by atoms with Crippen LogP contribution in [0.3, 0.4) is 0 Å². The summed E-state index contributed by atoms with van der Waals surface area (Å²) in [5, 5.41) is 16.8. The van der Waals surface area contributed by atoms with Crippen LogP contribution >= 0.6 is 11.6 Å². The molecule has 2 aromatic carbocycles. The number of carbonyl (C=O) groups excluding carboxylic acids is 1. The van der Waals surface area contributed by atoms with Gasteiger partial charge in [0.05, 0.1) is 5.02 Å². The molecule has 0 spiro atoms. The molecule has 1 aromatic heterocycles. The maximum atomic E-state index is 13.0. The minimum Gasteiger partial charge on any atom is -0.454 e. The fourth-order valence-corrected chi connectivity index (χ4v) is 5.11. The SMILES string of the molecule is CC1(C)CC(NC(=O)c2ccc(Oc3cccc(-c4ncccn4)c3C#N)c(Cl)c2)CC(C)(C)N1. The number of amides is 1. The van der Waals surface area contributed by atoms with Crippen molar-refractivity contribution in [1.29, 1.82) is 5.26 Å². The Kier molecular flexibility index (Phi) is 6.79. The van der Waals surface area contributed by atoms with E-state index >= 15 is 0 Å². The van der Waals surface area contributed by atoms with Crippen LogP contribution in [0, 0.1) is 11.3 Å². The molecule has 4 rings (SSSR count). The van der Waals surface area contributed by atoms with Gasteiger partial charge in [0.25, 0.3) is 5.91 Å². The number of nitrogens with one attached hydrogen (secondary N) is 2. The number of carbonyl (C=O) groups is 1. The fourth-order valence-electron chi connectivity index (χ4n) is 4.89. The Morgan fingerprint density at radius 2 is 1.77 bits per heavy atom. The first-order chi connectivity index (χ1) is 16.6. The topological polar surface area (TPSA) is 99.9 Å². The van der Waals surface area contributed by atoms with Crippen LogP contribution in [0.1, 0.15) is 56.5 Å². The van der Waals surface area contributed by atoms with E-state index in [4.69, 9.17) is 16.3 Å². The van der Waals surface area contributed by atoms with Crippen molar-refractivity contribution in [3.05, 3.63) is 71.0 Å². The lowest BCUT2D eigenvalue weighted by Crippen LogP contribution is -2.62. The van der Waals surface area contributed by atoms with Crippen molar-refractivity contribution >= 4 is 17.5 Å². The Labute approximate surface area is 210 Å². The average Bonchev–Trinajstić information content (AvgIpc) is 2.78. The molecule has 7 nitrogen and oxygen atoms in total. The third kappa shape index (κ3) is 5.79. The van der Waals surface area contributed by atoms with Gasteiger partial charge in [-0.15, -0.1) is 0 Å². The molecule has 2 N–H and O–H groups in total. The van der Waals surface area contributed by atoms with Gasteiger partial charge in [0.15, 0.2) is 5.82 Å². The Bertz CT molecular complexity index is 1270. The zero-order valence-corrected chi connectivity index (χ0v) is 21.0. The van der Waals surface area contributed by atoms with Crippen LogP contribution in [0.4, 0.5) is 0 Å². The molecule has 2 heterocycles. The van der Waals surface area contributed by atoms with E-state index in [0.717, 1.165) is 12.8 Å². The van der Waals surface area contributed by atoms with Crippen LogP contribution in [0.5, 0.6) is 11.5 Å². The standard InChI is InChI=1S/C27H28ClN5O2/c1-26(2)14-18(15-27(3,4)33-26)32-25(34)17-9-10-23(21(28)13-17)35-22-8-5-7-19(20(22)16-29)24-30-11-6-12-31-24/h5-13,18,33H,14-15H2,1-4H3,(H,32,34). The second kappa shape index (κ2) is 9.65. The number of rotatable bonds is 5. The van der Waals surface area contributed by atoms with Gasteiger partial charge in [-0.1, -0.05) is 17.7 Å². The Hall–Kier alpha value is -3.47. The maximum absolute atomic E-state index is 13.0. The first-order valence-corrected chi connectivity index (χ1v) is 11.8. The minimum absolute atomic E-state index is 0.0459. The number of nitriles is 1. The third-order valence-electron chi connectivity index (χ3n) is 5.88. The van der Waals surface area contributed by atoms with E-state index in [-0.39, 0.29) is 28.0 Å². The van der Waals surface area contributed by atoms with Gasteiger partial charge in [-0.25, -0.2) is 9.97 Å². The molecule has 0 bridgehead atoms. The normalized spacial score (nSPS) is 16.8. The number of aromatic nitrogens is 2. The summed E-state index contributed by atoms with van der Waals surface area (Å²) in [6.45, 7) is 8.57. The quantitative estimate of drug-likeness (QED) is 0.490. The van der Waals surface area contributed by atoms with Crippen LogP contribution in [-0.2, 0) is 0 Å². The van der Waals surface area contributed by atoms with Gasteiger partial charge in [0.1, 0.15) is 23.1 Å². The van der Waals surface area contributed by atoms with Crippen LogP contribution in [0.2, 0.25) is 5.02 Å². The summed E-state index contributed by atoms with van der Waals surface area (Å²) in [4.78, 5) is 21.4. The molecule has 0 radical (unpaired) electrons. The number of piperidine rings is 1. The van der Waals surface area contributed by atoms with Gasteiger partial charge in [-0.3, -0.25) is 4.79 Å². The van der Waals surface area contributed by atoms with Crippen molar-refractivity contribution in [2.24, 2.45) is 0 Å². The smallest absolute Gasteiger partial charge is 0.251 e. The van der Waals surface area contributed by atoms with Gasteiger partial charge in [0, 0.05) is 40.6 Å². The second-order valence-electron chi connectivity index (χ2n) is 10.1. The van der Waals surface area contributed by atoms with Crippen molar-refractivity contribution in [2.75, 3.05) is 0 Å². The number of ether oxygens (including phenoxy) is 1. The van der Waals surface area contributed by atoms with E-state index in [1.54, 1.807) is 54.9 Å². The molecular formula is C27H28ClN5O2. The summed E-state index contributed by atoms with van der Waals surface area (Å²) in [6, 6.07) is 14.0. The number of nitrogens with zero attached hydrogens (tertiary/aromatic N) is 3. The summed E-state index contributed by atoms with van der Waals surface area (Å²) in [7, 11) is 0. The van der Waals surface area contributed by atoms with E-state index in [1.807, 2.05) is 0 Å². The van der Waals surface area contributed by atoms with Crippen molar-refractivity contribution in [2.45, 2.75) is 57.7 Å². The summed E-state index contributed by atoms with van der Waals surface area (Å²) in [6.07, 6.45) is 4.89. The largest absolute Gasteiger partial charge is 0.454 e. The highest BCUT2D eigenvalue weighted by Crippen LogP contribution is 2.35. The predicted molar refractivity (Wildman–Crippen MR) is 135 cm³/mol. The van der Waals surface area contributed by atoms with Crippen LogP contribution in [-0.4, -0.2) is 33.0 Å². The van der Waals surface area contributed by atoms with Crippen LogP contribution < -0.4 is 15.4 Å². The number of hydrogen-bond donors (Lipinski definition) is 2. The lowest BCUT2D eigenvalue weighted by atomic mass is 9.79. The molecule has 1 amide bonds. The molecule has 180 valence electrons. The lowest BCUT2D eigenvalue weighted by Gasteiger charge is -2.46. The number of benzene rings is 2. The summed E-state index contributed by atoms with van der Waals surface area (Å²) >= 11 is 6.49. The maximum Gasteiger partial charge on any atom is 0.251 e. The predicted octanol–water partition coefficient (Wildman–Crippen LogP) is 5.50. The highest BCUT2D eigenvalue weighted by Gasteiger charge is 2.38. The lowest BCUT2D eigenvalue weighted by molar-refractivity contribution is 0.0873. The molecular weight excluding hydrogens is 462 g/mol. The number of halogens is 1. The van der Waals surface area contributed by atoms with E-state index in [2.05, 4.69) is 54.4 Å². The molecule has 0 atom stereocenters. The fraction of sp³-hybridized carbons (Fsp3) is 0.333. The summed E-state index contributed by atoms with van der Waals surface area (Å²) in [5.74, 6) is 0.917. The zero-order valence-electron chi connectivity index (χ0n) is 20.2. The van der Waals surface area contributed by atoms with Crippen molar-refractivity contribution < 1.29 is 9.53 Å². The minimum atomic E-state index is -0.183. The number of hydrogen-bond acceptors (Lipinski definition) is 6. The molecule has 1 saturated heterocycles. The molecule has 8 heteroatoms. The summed E-state index contributed by atoms with van der Waals surface area (Å²) in [5.41, 5.74) is 1.15. The van der Waals surface area contributed by atoms with Crippen molar-refractivity contribution in [1.82, 2.24) is 20.6 Å². The third-order valence-corrected chi connectivity index (χ3v) is 6.18. The van der Waals surface area contributed by atoms with Gasteiger partial charge in [0.2, 0.25) is 0 Å². The monoisotopic (exact) mass is 489 g/mol. The molecule has 1 aliphatic rings. The second-order valence-corrected chi connectivity index (χ2v) is 10.5. The Morgan fingerprint density at radius 3 is 2.40 bits per heavy atom. The molecule has 0 aliphatic carbocycles. The van der Waals surface area contributed by atoms with E-state index < -0.39 is 0 Å².